The van der Waals surface area contributed by atoms with E-state index in [1.807, 2.05) is 0 Å². The molecule has 0 saturated heterocycles. The molecule has 0 aromatic carbocycles. The number of halogens is 2. The molecule has 1 aromatic heterocycles. The van der Waals surface area contributed by atoms with Gasteiger partial charge in [0.05, 0.1) is 12.2 Å². The molecule has 0 aliphatic heterocycles. The van der Waals surface area contributed by atoms with Gasteiger partial charge in [-0.2, -0.15) is 0 Å². The molecule has 21 heavy (non-hydrogen) atoms. The first-order valence-electron chi connectivity index (χ1n) is 5.85. The van der Waals surface area contributed by atoms with Crippen LogP contribution in [0.2, 0.25) is 0 Å². The predicted molar refractivity (Wildman–Crippen MR) is 83.9 cm³/mol. The van der Waals surface area contributed by atoms with E-state index in [9.17, 15) is 9.59 Å². The Balaban J connectivity index is 0. The second kappa shape index (κ2) is 12.3. The van der Waals surface area contributed by atoms with Gasteiger partial charge in [-0.3, -0.25) is 14.6 Å². The second-order valence-electron chi connectivity index (χ2n) is 3.85. The van der Waals surface area contributed by atoms with Crippen molar-refractivity contribution >= 4 is 36.6 Å². The van der Waals surface area contributed by atoms with Gasteiger partial charge in [0.25, 0.3) is 5.91 Å². The van der Waals surface area contributed by atoms with Crippen molar-refractivity contribution in [3.05, 3.63) is 30.1 Å². The van der Waals surface area contributed by atoms with E-state index in [1.54, 1.807) is 18.3 Å². The Labute approximate surface area is 135 Å². The van der Waals surface area contributed by atoms with Crippen molar-refractivity contribution in [3.8, 4) is 0 Å². The highest BCUT2D eigenvalue weighted by Crippen LogP contribution is 1.94. The molecule has 1 heterocycles. The molecule has 1 rings (SSSR count). The maximum absolute atomic E-state index is 11.6. The molecule has 1 unspecified atom stereocenters. The topological polar surface area (TPSA) is 106 Å². The smallest absolute Gasteiger partial charge is 0.252 e. The SMILES string of the molecule is COCC(N)C(=O)NCCNC(=O)c1cccnc1.Cl.Cl. The van der Waals surface area contributed by atoms with Crippen molar-refractivity contribution in [2.45, 2.75) is 6.04 Å². The van der Waals surface area contributed by atoms with Crippen LogP contribution in [0.1, 0.15) is 10.4 Å². The van der Waals surface area contributed by atoms with E-state index < -0.39 is 6.04 Å². The molecule has 4 N–H and O–H groups in total. The lowest BCUT2D eigenvalue weighted by Gasteiger charge is -2.11. The lowest BCUT2D eigenvalue weighted by molar-refractivity contribution is -0.123. The summed E-state index contributed by atoms with van der Waals surface area (Å²) in [7, 11) is 1.47. The van der Waals surface area contributed by atoms with Gasteiger partial charge in [0.1, 0.15) is 6.04 Å². The zero-order valence-electron chi connectivity index (χ0n) is 11.6. The summed E-state index contributed by atoms with van der Waals surface area (Å²) < 4.78 is 4.76. The van der Waals surface area contributed by atoms with Gasteiger partial charge in [0.15, 0.2) is 0 Å². The summed E-state index contributed by atoms with van der Waals surface area (Å²) in [6, 6.07) is 2.65. The first kappa shape index (κ1) is 21.9. The van der Waals surface area contributed by atoms with E-state index in [2.05, 4.69) is 15.6 Å². The minimum absolute atomic E-state index is 0. The summed E-state index contributed by atoms with van der Waals surface area (Å²) in [5.41, 5.74) is 6.00. The third-order valence-electron chi connectivity index (χ3n) is 2.32. The van der Waals surface area contributed by atoms with Gasteiger partial charge in [0, 0.05) is 32.6 Å². The number of rotatable bonds is 7. The molecule has 2 amide bonds. The van der Waals surface area contributed by atoms with Gasteiger partial charge < -0.3 is 21.1 Å². The molecule has 0 aliphatic rings. The van der Waals surface area contributed by atoms with Crippen LogP contribution in [0, 0.1) is 0 Å². The number of methoxy groups -OCH3 is 1. The molecule has 0 bridgehead atoms. The van der Waals surface area contributed by atoms with Gasteiger partial charge in [-0.25, -0.2) is 0 Å². The van der Waals surface area contributed by atoms with Crippen molar-refractivity contribution in [3.63, 3.8) is 0 Å². The maximum atomic E-state index is 11.6. The quantitative estimate of drug-likeness (QED) is 0.594. The molecular weight excluding hydrogens is 319 g/mol. The highest BCUT2D eigenvalue weighted by atomic mass is 35.5. The highest BCUT2D eigenvalue weighted by Gasteiger charge is 2.12. The zero-order chi connectivity index (χ0) is 14.1. The summed E-state index contributed by atoms with van der Waals surface area (Å²) >= 11 is 0. The fourth-order valence-electron chi connectivity index (χ4n) is 1.35. The van der Waals surface area contributed by atoms with E-state index in [0.29, 0.717) is 18.7 Å². The van der Waals surface area contributed by atoms with E-state index in [0.717, 1.165) is 0 Å². The Morgan fingerprint density at radius 1 is 1.33 bits per heavy atom. The van der Waals surface area contributed by atoms with E-state index in [1.165, 1.54) is 13.3 Å². The van der Waals surface area contributed by atoms with Crippen LogP contribution in [0.4, 0.5) is 0 Å². The Hall–Kier alpha value is -1.41. The normalized spacial score (nSPS) is 10.6. The minimum atomic E-state index is -0.695. The molecular formula is C12H20Cl2N4O3. The van der Waals surface area contributed by atoms with E-state index in [4.69, 9.17) is 10.5 Å². The number of pyridine rings is 1. The van der Waals surface area contributed by atoms with Crippen LogP contribution >= 0.6 is 24.8 Å². The molecule has 0 radical (unpaired) electrons. The van der Waals surface area contributed by atoms with Crippen LogP contribution in [-0.4, -0.2) is 49.6 Å². The van der Waals surface area contributed by atoms with E-state index in [-0.39, 0.29) is 43.2 Å². The van der Waals surface area contributed by atoms with Crippen LogP contribution in [0.25, 0.3) is 0 Å². The lowest BCUT2D eigenvalue weighted by atomic mass is 10.3. The van der Waals surface area contributed by atoms with Crippen molar-refractivity contribution in [2.75, 3.05) is 26.8 Å². The number of hydrogen-bond acceptors (Lipinski definition) is 5. The largest absolute Gasteiger partial charge is 0.383 e. The molecule has 1 aromatic rings. The van der Waals surface area contributed by atoms with Crippen LogP contribution in [-0.2, 0) is 9.53 Å². The maximum Gasteiger partial charge on any atom is 0.252 e. The van der Waals surface area contributed by atoms with Gasteiger partial charge in [-0.15, -0.1) is 24.8 Å². The Morgan fingerprint density at radius 3 is 2.57 bits per heavy atom. The molecule has 1 atom stereocenters. The summed E-state index contributed by atoms with van der Waals surface area (Å²) in [4.78, 5) is 26.9. The first-order chi connectivity index (χ1) is 9.15. The molecule has 120 valence electrons. The molecule has 0 fully saturated rings. The Kier molecular flexibility index (Phi) is 12.9. The van der Waals surface area contributed by atoms with Gasteiger partial charge >= 0.3 is 0 Å². The average Bonchev–Trinajstić information content (AvgIpc) is 2.44. The third-order valence-corrected chi connectivity index (χ3v) is 2.32. The summed E-state index contributed by atoms with van der Waals surface area (Å²) in [5.74, 6) is -0.541. The fraction of sp³-hybridized carbons (Fsp3) is 0.417. The van der Waals surface area contributed by atoms with Gasteiger partial charge in [0.2, 0.25) is 5.91 Å². The average molecular weight is 339 g/mol. The molecule has 0 spiro atoms. The number of amides is 2. The van der Waals surface area contributed by atoms with Gasteiger partial charge in [-0.05, 0) is 12.1 Å². The van der Waals surface area contributed by atoms with Crippen LogP contribution in [0.5, 0.6) is 0 Å². The summed E-state index contributed by atoms with van der Waals surface area (Å²) in [6.45, 7) is 0.787. The fourth-order valence-corrected chi connectivity index (χ4v) is 1.35. The van der Waals surface area contributed by atoms with Crippen LogP contribution in [0.15, 0.2) is 24.5 Å². The molecule has 0 saturated carbocycles. The van der Waals surface area contributed by atoms with Crippen molar-refractivity contribution < 1.29 is 14.3 Å². The number of carbonyl (C=O) groups is 2. The predicted octanol–water partition coefficient (Wildman–Crippen LogP) is -0.255. The zero-order valence-corrected chi connectivity index (χ0v) is 13.2. The third kappa shape index (κ3) is 8.46. The molecule has 0 aliphatic carbocycles. The standard InChI is InChI=1S/C12H18N4O3.2ClH/c1-19-8-10(13)12(18)16-6-5-15-11(17)9-3-2-4-14-7-9;;/h2-4,7,10H,5-6,8,13H2,1H3,(H,15,17)(H,16,18);2*1H. The summed E-state index contributed by atoms with van der Waals surface area (Å²) in [5, 5.41) is 5.26. The monoisotopic (exact) mass is 338 g/mol. The minimum Gasteiger partial charge on any atom is -0.383 e. The first-order valence-corrected chi connectivity index (χ1v) is 5.85. The number of nitrogens with zero attached hydrogens (tertiary/aromatic N) is 1. The van der Waals surface area contributed by atoms with Crippen molar-refractivity contribution in [1.82, 2.24) is 15.6 Å². The summed E-state index contributed by atoms with van der Waals surface area (Å²) in [6.07, 6.45) is 3.07. The number of nitrogens with two attached hydrogens (primary N) is 1. The van der Waals surface area contributed by atoms with E-state index >= 15 is 0 Å². The lowest BCUT2D eigenvalue weighted by Crippen LogP contribution is -2.45. The highest BCUT2D eigenvalue weighted by molar-refractivity contribution is 5.93. The van der Waals surface area contributed by atoms with Gasteiger partial charge in [-0.1, -0.05) is 0 Å². The van der Waals surface area contributed by atoms with Crippen molar-refractivity contribution in [1.29, 1.82) is 0 Å². The number of hydrogen-bond donors (Lipinski definition) is 3. The number of nitrogens with one attached hydrogen (secondary N) is 2. The Morgan fingerprint density at radius 2 is 2.00 bits per heavy atom. The number of ether oxygens (including phenoxy) is 1. The number of aromatic nitrogens is 1. The van der Waals surface area contributed by atoms with Crippen molar-refractivity contribution in [2.24, 2.45) is 5.73 Å². The molecule has 7 nitrogen and oxygen atoms in total. The van der Waals surface area contributed by atoms with Crippen LogP contribution in [0.3, 0.4) is 0 Å². The second-order valence-corrected chi connectivity index (χ2v) is 3.85. The number of carbonyl (C=O) groups excluding carboxylic acids is 2. The molecule has 9 heteroatoms. The van der Waals surface area contributed by atoms with Crippen LogP contribution < -0.4 is 16.4 Å². The Bertz CT molecular complexity index is 420.